The third kappa shape index (κ3) is 3.58. The van der Waals surface area contributed by atoms with Crippen LogP contribution < -0.4 is 5.32 Å². The van der Waals surface area contributed by atoms with E-state index >= 15 is 0 Å². The number of nitrogens with one attached hydrogen (secondary N) is 2. The Morgan fingerprint density at radius 1 is 1.39 bits per heavy atom. The Balaban J connectivity index is 1.63. The lowest BCUT2D eigenvalue weighted by molar-refractivity contribution is 0.0656. The molecule has 0 aliphatic carbocycles. The number of hydrogen-bond acceptors (Lipinski definition) is 2. The lowest BCUT2D eigenvalue weighted by Crippen LogP contribution is -2.54. The molecule has 1 atom stereocenters. The average molecular weight is 313 g/mol. The molecule has 0 bridgehead atoms. The van der Waals surface area contributed by atoms with Crippen molar-refractivity contribution in [3.8, 4) is 0 Å². The van der Waals surface area contributed by atoms with Crippen LogP contribution in [0.25, 0.3) is 10.9 Å². The van der Waals surface area contributed by atoms with E-state index < -0.39 is 0 Å². The molecule has 1 saturated heterocycles. The number of nitrogens with zero attached hydrogens (tertiary/aromatic N) is 1. The molecule has 2 heterocycles. The zero-order valence-corrected chi connectivity index (χ0v) is 14.4. The average Bonchev–Trinajstić information content (AvgIpc) is 2.97. The quantitative estimate of drug-likeness (QED) is 0.909. The van der Waals surface area contributed by atoms with Crippen molar-refractivity contribution in [3.05, 3.63) is 36.0 Å². The second-order valence-corrected chi connectivity index (χ2v) is 7.46. The van der Waals surface area contributed by atoms with Crippen LogP contribution in [0, 0.1) is 5.92 Å². The van der Waals surface area contributed by atoms with Crippen molar-refractivity contribution in [2.45, 2.75) is 39.2 Å². The number of carbonyl (C=O) groups is 1. The van der Waals surface area contributed by atoms with Crippen LogP contribution >= 0.6 is 0 Å². The maximum Gasteiger partial charge on any atom is 0.267 e. The second-order valence-electron chi connectivity index (χ2n) is 7.46. The van der Waals surface area contributed by atoms with Crippen LogP contribution in [-0.2, 0) is 0 Å². The van der Waals surface area contributed by atoms with E-state index in [-0.39, 0.29) is 11.4 Å². The van der Waals surface area contributed by atoms with Gasteiger partial charge in [0.05, 0.1) is 0 Å². The number of benzene rings is 1. The molecule has 2 N–H and O–H groups in total. The number of H-pyrrole nitrogens is 1. The Bertz CT molecular complexity index is 656. The number of fused-ring (bicyclic) bond motifs is 1. The monoisotopic (exact) mass is 313 g/mol. The highest BCUT2D eigenvalue weighted by Gasteiger charge is 2.30. The van der Waals surface area contributed by atoms with Crippen LogP contribution in [0.1, 0.15) is 44.1 Å². The molecule has 0 radical (unpaired) electrons. The second kappa shape index (κ2) is 6.36. The van der Waals surface area contributed by atoms with Crippen LogP contribution in [0.4, 0.5) is 0 Å². The van der Waals surface area contributed by atoms with Crippen molar-refractivity contribution in [3.63, 3.8) is 0 Å². The molecule has 1 fully saturated rings. The van der Waals surface area contributed by atoms with E-state index in [0.717, 1.165) is 29.9 Å². The van der Waals surface area contributed by atoms with Crippen LogP contribution in [-0.4, -0.2) is 41.0 Å². The Kier molecular flexibility index (Phi) is 4.44. The topological polar surface area (TPSA) is 48.1 Å². The SMILES string of the molecule is C[C@H]1CCCN(C(C)(C)CNC(=O)c2cc3ccccc3[nH]2)C1. The number of amides is 1. The molecule has 3 rings (SSSR count). The van der Waals surface area contributed by atoms with Gasteiger partial charge in [0.1, 0.15) is 5.69 Å². The third-order valence-corrected chi connectivity index (χ3v) is 4.97. The maximum atomic E-state index is 12.4. The standard InChI is InChI=1S/C19H27N3O/c1-14-7-6-10-22(12-14)19(2,3)13-20-18(23)17-11-15-8-4-5-9-16(15)21-17/h4-5,8-9,11,14,21H,6-7,10,12-13H2,1-3H3,(H,20,23)/t14-/m0/s1. The molecule has 0 saturated carbocycles. The minimum Gasteiger partial charge on any atom is -0.351 e. The molecule has 0 unspecified atom stereocenters. The van der Waals surface area contributed by atoms with Gasteiger partial charge in [0.2, 0.25) is 0 Å². The minimum absolute atomic E-state index is 0.0175. The van der Waals surface area contributed by atoms with E-state index in [4.69, 9.17) is 0 Å². The van der Waals surface area contributed by atoms with Crippen molar-refractivity contribution in [1.82, 2.24) is 15.2 Å². The summed E-state index contributed by atoms with van der Waals surface area (Å²) in [6.07, 6.45) is 2.56. The van der Waals surface area contributed by atoms with Gasteiger partial charge in [0, 0.05) is 29.5 Å². The van der Waals surface area contributed by atoms with Gasteiger partial charge >= 0.3 is 0 Å². The van der Waals surface area contributed by atoms with Gasteiger partial charge in [0.15, 0.2) is 0 Å². The lowest BCUT2D eigenvalue weighted by Gasteiger charge is -2.43. The van der Waals surface area contributed by atoms with E-state index in [9.17, 15) is 4.79 Å². The summed E-state index contributed by atoms with van der Waals surface area (Å²) in [6.45, 7) is 9.65. The molecule has 1 aliphatic heterocycles. The summed E-state index contributed by atoms with van der Waals surface area (Å²) in [6, 6.07) is 9.88. The molecule has 4 nitrogen and oxygen atoms in total. The number of para-hydroxylation sites is 1. The number of hydrogen-bond donors (Lipinski definition) is 2. The van der Waals surface area contributed by atoms with Crippen molar-refractivity contribution >= 4 is 16.8 Å². The highest BCUT2D eigenvalue weighted by Crippen LogP contribution is 2.23. The van der Waals surface area contributed by atoms with Gasteiger partial charge in [0.25, 0.3) is 5.91 Å². The number of piperidine rings is 1. The molecule has 124 valence electrons. The van der Waals surface area contributed by atoms with Gasteiger partial charge in [-0.1, -0.05) is 25.1 Å². The Morgan fingerprint density at radius 3 is 2.91 bits per heavy atom. The third-order valence-electron chi connectivity index (χ3n) is 4.97. The summed E-state index contributed by atoms with van der Waals surface area (Å²) in [7, 11) is 0. The number of aromatic amines is 1. The lowest BCUT2D eigenvalue weighted by atomic mass is 9.93. The molecule has 4 heteroatoms. The molecule has 1 aromatic heterocycles. The van der Waals surface area contributed by atoms with Gasteiger partial charge in [-0.15, -0.1) is 0 Å². The Hall–Kier alpha value is -1.81. The predicted octanol–water partition coefficient (Wildman–Crippen LogP) is 3.41. The van der Waals surface area contributed by atoms with Crippen molar-refractivity contribution < 1.29 is 4.79 Å². The zero-order chi connectivity index (χ0) is 16.4. The first kappa shape index (κ1) is 16.1. The number of aromatic nitrogens is 1. The van der Waals surface area contributed by atoms with Crippen LogP contribution in [0.3, 0.4) is 0 Å². The zero-order valence-electron chi connectivity index (χ0n) is 14.4. The highest BCUT2D eigenvalue weighted by molar-refractivity contribution is 5.98. The van der Waals surface area contributed by atoms with E-state index in [0.29, 0.717) is 12.2 Å². The van der Waals surface area contributed by atoms with E-state index in [1.54, 1.807) is 0 Å². The van der Waals surface area contributed by atoms with Crippen molar-refractivity contribution in [1.29, 1.82) is 0 Å². The molecule has 23 heavy (non-hydrogen) atoms. The van der Waals surface area contributed by atoms with Gasteiger partial charge in [-0.25, -0.2) is 0 Å². The maximum absolute atomic E-state index is 12.4. The fourth-order valence-corrected chi connectivity index (χ4v) is 3.44. The van der Waals surface area contributed by atoms with Gasteiger partial charge in [-0.2, -0.15) is 0 Å². The van der Waals surface area contributed by atoms with Gasteiger partial charge < -0.3 is 10.3 Å². The van der Waals surface area contributed by atoms with Gasteiger partial charge in [-0.05, 0) is 51.3 Å². The van der Waals surface area contributed by atoms with Crippen LogP contribution in [0.2, 0.25) is 0 Å². The summed E-state index contributed by atoms with van der Waals surface area (Å²) in [4.78, 5) is 18.1. The number of likely N-dealkylation sites (tertiary alicyclic amines) is 1. The fourth-order valence-electron chi connectivity index (χ4n) is 3.44. The predicted molar refractivity (Wildman–Crippen MR) is 94.7 cm³/mol. The normalized spacial score (nSPS) is 19.9. The van der Waals surface area contributed by atoms with E-state index in [2.05, 4.69) is 36.0 Å². The van der Waals surface area contributed by atoms with Crippen molar-refractivity contribution in [2.75, 3.05) is 19.6 Å². The molecule has 2 aromatic rings. The van der Waals surface area contributed by atoms with Crippen LogP contribution in [0.15, 0.2) is 30.3 Å². The summed E-state index contributed by atoms with van der Waals surface area (Å²) < 4.78 is 0. The minimum atomic E-state index is -0.0284. The summed E-state index contributed by atoms with van der Waals surface area (Å²) in [5, 5.41) is 4.17. The molecule has 0 spiro atoms. The highest BCUT2D eigenvalue weighted by atomic mass is 16.1. The molecule has 1 aliphatic rings. The first-order valence-corrected chi connectivity index (χ1v) is 8.57. The molecular formula is C19H27N3O. The Labute approximate surface area is 138 Å². The van der Waals surface area contributed by atoms with Crippen molar-refractivity contribution in [2.24, 2.45) is 5.92 Å². The molecule has 1 amide bonds. The molecule has 1 aromatic carbocycles. The first-order valence-electron chi connectivity index (χ1n) is 8.57. The largest absolute Gasteiger partial charge is 0.351 e. The van der Waals surface area contributed by atoms with E-state index in [1.807, 2.05) is 30.3 Å². The summed E-state index contributed by atoms with van der Waals surface area (Å²) in [5.74, 6) is 0.715. The smallest absolute Gasteiger partial charge is 0.267 e. The van der Waals surface area contributed by atoms with Crippen LogP contribution in [0.5, 0.6) is 0 Å². The Morgan fingerprint density at radius 2 is 2.17 bits per heavy atom. The summed E-state index contributed by atoms with van der Waals surface area (Å²) in [5.41, 5.74) is 1.62. The van der Waals surface area contributed by atoms with Gasteiger partial charge in [-0.3, -0.25) is 9.69 Å². The van der Waals surface area contributed by atoms with E-state index in [1.165, 1.54) is 12.8 Å². The fraction of sp³-hybridized carbons (Fsp3) is 0.526. The number of rotatable bonds is 4. The summed E-state index contributed by atoms with van der Waals surface area (Å²) >= 11 is 0. The number of carbonyl (C=O) groups excluding carboxylic acids is 1. The first-order chi connectivity index (χ1) is 11.0. The molecular weight excluding hydrogens is 286 g/mol.